The maximum absolute atomic E-state index is 13.4. The van der Waals surface area contributed by atoms with Crippen LogP contribution in [0.5, 0.6) is 0 Å². The molecule has 3 nitrogen and oxygen atoms in total. The molecule has 0 saturated heterocycles. The van der Waals surface area contributed by atoms with Crippen molar-refractivity contribution in [1.29, 1.82) is 0 Å². The van der Waals surface area contributed by atoms with Crippen LogP contribution >= 0.6 is 0 Å². The first-order chi connectivity index (χ1) is 6.77. The highest BCUT2D eigenvalue weighted by Gasteiger charge is 2.44. The fourth-order valence-electron chi connectivity index (χ4n) is 2.16. The van der Waals surface area contributed by atoms with E-state index >= 15 is 0 Å². The Bertz CT molecular complexity index is 252. The zero-order valence-electron chi connectivity index (χ0n) is 9.29. The van der Waals surface area contributed by atoms with Gasteiger partial charge >= 0.3 is 5.97 Å². The zero-order chi connectivity index (χ0) is 11.7. The van der Waals surface area contributed by atoms with E-state index in [1.54, 1.807) is 0 Å². The van der Waals surface area contributed by atoms with Gasteiger partial charge in [-0.1, -0.05) is 13.8 Å². The van der Waals surface area contributed by atoms with Crippen molar-refractivity contribution in [3.63, 3.8) is 0 Å². The van der Waals surface area contributed by atoms with Gasteiger partial charge in [0.1, 0.15) is 5.60 Å². The minimum Gasteiger partial charge on any atom is -0.479 e. The Morgan fingerprint density at radius 3 is 2.40 bits per heavy atom. The molecule has 1 fully saturated rings. The largest absolute Gasteiger partial charge is 0.479 e. The van der Waals surface area contributed by atoms with Gasteiger partial charge in [0.2, 0.25) is 6.17 Å². The second kappa shape index (κ2) is 4.08. The molecule has 0 amide bonds. The van der Waals surface area contributed by atoms with Crippen molar-refractivity contribution in [1.82, 2.24) is 0 Å². The molecule has 0 aromatic carbocycles. The van der Waals surface area contributed by atoms with Gasteiger partial charge in [0.25, 0.3) is 0 Å². The Morgan fingerprint density at radius 2 is 1.87 bits per heavy atom. The van der Waals surface area contributed by atoms with Gasteiger partial charge < -0.3 is 10.2 Å². The van der Waals surface area contributed by atoms with Crippen molar-refractivity contribution in [3.05, 3.63) is 0 Å². The second-order valence-electron chi connectivity index (χ2n) is 5.32. The van der Waals surface area contributed by atoms with Crippen LogP contribution in [0.4, 0.5) is 4.39 Å². The average molecular weight is 218 g/mol. The van der Waals surface area contributed by atoms with Crippen LogP contribution in [0.15, 0.2) is 0 Å². The summed E-state index contributed by atoms with van der Waals surface area (Å²) in [6.45, 7) is 4.12. The van der Waals surface area contributed by atoms with Gasteiger partial charge in [-0.3, -0.25) is 0 Å². The fourth-order valence-corrected chi connectivity index (χ4v) is 2.16. The van der Waals surface area contributed by atoms with Crippen LogP contribution in [0.2, 0.25) is 0 Å². The Kier molecular flexibility index (Phi) is 3.38. The number of hydrogen-bond acceptors (Lipinski definition) is 2. The highest BCUT2D eigenvalue weighted by atomic mass is 19.1. The van der Waals surface area contributed by atoms with E-state index in [2.05, 4.69) is 13.8 Å². The fraction of sp³-hybridized carbons (Fsp3) is 0.909. The quantitative estimate of drug-likeness (QED) is 0.698. The molecule has 0 aromatic heterocycles. The zero-order valence-corrected chi connectivity index (χ0v) is 9.29. The summed E-state index contributed by atoms with van der Waals surface area (Å²) in [6, 6.07) is 0. The van der Waals surface area contributed by atoms with Crippen molar-refractivity contribution in [2.24, 2.45) is 5.41 Å². The molecule has 1 rings (SSSR count). The third-order valence-electron chi connectivity index (χ3n) is 3.39. The Labute approximate surface area is 89.3 Å². The van der Waals surface area contributed by atoms with Crippen molar-refractivity contribution in [3.8, 4) is 0 Å². The molecule has 0 aliphatic heterocycles. The third kappa shape index (κ3) is 2.91. The van der Waals surface area contributed by atoms with Crippen LogP contribution in [-0.2, 0) is 4.79 Å². The molecule has 1 aliphatic rings. The number of carboxylic acids is 1. The molecule has 0 aromatic rings. The summed E-state index contributed by atoms with van der Waals surface area (Å²) in [7, 11) is 0. The van der Waals surface area contributed by atoms with E-state index in [0.717, 1.165) is 6.42 Å². The van der Waals surface area contributed by atoms with Crippen LogP contribution in [0.1, 0.15) is 46.0 Å². The summed E-state index contributed by atoms with van der Waals surface area (Å²) < 4.78 is 13.4. The van der Waals surface area contributed by atoms with Crippen LogP contribution < -0.4 is 0 Å². The maximum atomic E-state index is 13.4. The first kappa shape index (κ1) is 12.4. The van der Waals surface area contributed by atoms with E-state index in [9.17, 15) is 14.3 Å². The molecule has 2 atom stereocenters. The van der Waals surface area contributed by atoms with Gasteiger partial charge in [0.15, 0.2) is 0 Å². The molecular formula is C11H19FO3. The second-order valence-corrected chi connectivity index (χ2v) is 5.32. The van der Waals surface area contributed by atoms with Crippen molar-refractivity contribution in [2.45, 2.75) is 57.7 Å². The van der Waals surface area contributed by atoms with E-state index in [1.807, 2.05) is 0 Å². The van der Waals surface area contributed by atoms with Crippen LogP contribution in [0, 0.1) is 5.41 Å². The lowest BCUT2D eigenvalue weighted by molar-refractivity contribution is -0.155. The van der Waals surface area contributed by atoms with E-state index in [1.165, 1.54) is 0 Å². The SMILES string of the molecule is CC1(C)CCCC(O)(C(F)C(=O)O)CC1. The molecular weight excluding hydrogens is 199 g/mol. The van der Waals surface area contributed by atoms with Gasteiger partial charge in [0.05, 0.1) is 0 Å². The molecule has 15 heavy (non-hydrogen) atoms. The van der Waals surface area contributed by atoms with E-state index in [0.29, 0.717) is 12.8 Å². The molecule has 0 radical (unpaired) electrons. The predicted molar refractivity (Wildman–Crippen MR) is 54.3 cm³/mol. The molecule has 2 N–H and O–H groups in total. The molecule has 0 bridgehead atoms. The minimum atomic E-state index is -2.16. The molecule has 1 saturated carbocycles. The number of carboxylic acid groups (broad SMARTS) is 1. The molecule has 2 unspecified atom stereocenters. The van der Waals surface area contributed by atoms with Crippen LogP contribution in [0.25, 0.3) is 0 Å². The average Bonchev–Trinajstić information content (AvgIpc) is 2.25. The van der Waals surface area contributed by atoms with E-state index < -0.39 is 17.7 Å². The monoisotopic (exact) mass is 218 g/mol. The molecule has 0 heterocycles. The van der Waals surface area contributed by atoms with Crippen molar-refractivity contribution < 1.29 is 19.4 Å². The van der Waals surface area contributed by atoms with Gasteiger partial charge in [-0.15, -0.1) is 0 Å². The van der Waals surface area contributed by atoms with Gasteiger partial charge in [-0.25, -0.2) is 9.18 Å². The summed E-state index contributed by atoms with van der Waals surface area (Å²) in [6.07, 6.45) is 0.555. The van der Waals surface area contributed by atoms with Gasteiger partial charge in [-0.05, 0) is 37.5 Å². The molecule has 4 heteroatoms. The van der Waals surface area contributed by atoms with Gasteiger partial charge in [-0.2, -0.15) is 0 Å². The van der Waals surface area contributed by atoms with Gasteiger partial charge in [0, 0.05) is 0 Å². The Morgan fingerprint density at radius 1 is 1.27 bits per heavy atom. The first-order valence-corrected chi connectivity index (χ1v) is 5.36. The number of aliphatic hydroxyl groups is 1. The number of aliphatic carboxylic acids is 1. The highest BCUT2D eigenvalue weighted by molar-refractivity contribution is 5.73. The summed E-state index contributed by atoms with van der Waals surface area (Å²) in [4.78, 5) is 10.5. The predicted octanol–water partition coefficient (Wildman–Crippen LogP) is 2.13. The minimum absolute atomic E-state index is 0.0721. The Hall–Kier alpha value is -0.640. The molecule has 88 valence electrons. The van der Waals surface area contributed by atoms with Crippen molar-refractivity contribution >= 4 is 5.97 Å². The number of rotatable bonds is 2. The summed E-state index contributed by atoms with van der Waals surface area (Å²) in [5, 5.41) is 18.6. The first-order valence-electron chi connectivity index (χ1n) is 5.36. The summed E-state index contributed by atoms with van der Waals surface area (Å²) in [5.74, 6) is -1.56. The number of halogens is 1. The molecule has 1 aliphatic carbocycles. The third-order valence-corrected chi connectivity index (χ3v) is 3.39. The normalized spacial score (nSPS) is 33.1. The summed E-state index contributed by atoms with van der Waals surface area (Å²) >= 11 is 0. The van der Waals surface area contributed by atoms with Crippen molar-refractivity contribution in [2.75, 3.05) is 0 Å². The number of carbonyl (C=O) groups is 1. The lowest BCUT2D eigenvalue weighted by Gasteiger charge is -2.28. The number of alkyl halides is 1. The van der Waals surface area contributed by atoms with E-state index in [4.69, 9.17) is 5.11 Å². The summed E-state index contributed by atoms with van der Waals surface area (Å²) in [5.41, 5.74) is -1.59. The Balaban J connectivity index is 2.74. The lowest BCUT2D eigenvalue weighted by Crippen LogP contribution is -2.44. The number of hydrogen-bond donors (Lipinski definition) is 2. The molecule has 0 spiro atoms. The highest BCUT2D eigenvalue weighted by Crippen LogP contribution is 2.40. The lowest BCUT2D eigenvalue weighted by atomic mass is 9.83. The smallest absolute Gasteiger partial charge is 0.341 e. The maximum Gasteiger partial charge on any atom is 0.341 e. The topological polar surface area (TPSA) is 57.5 Å². The van der Waals surface area contributed by atoms with Crippen LogP contribution in [0.3, 0.4) is 0 Å². The van der Waals surface area contributed by atoms with E-state index in [-0.39, 0.29) is 18.3 Å². The van der Waals surface area contributed by atoms with Crippen LogP contribution in [-0.4, -0.2) is 28.0 Å². The standard InChI is InChI=1S/C11H19FO3/c1-10(2)4-3-5-11(15,7-6-10)8(12)9(13)14/h8,15H,3-7H2,1-2H3,(H,13,14).